The lowest BCUT2D eigenvalue weighted by Gasteiger charge is -2.28. The molecule has 1 atom stereocenters. The van der Waals surface area contributed by atoms with Gasteiger partial charge in [0.25, 0.3) is 0 Å². The van der Waals surface area contributed by atoms with Crippen molar-refractivity contribution in [3.63, 3.8) is 0 Å². The number of hydrogen-bond donors (Lipinski definition) is 1. The van der Waals surface area contributed by atoms with Crippen molar-refractivity contribution in [3.8, 4) is 0 Å². The minimum Gasteiger partial charge on any atom is -0.333 e. The molecular formula is C21H24FN3O2. The Balaban J connectivity index is 1.64. The molecule has 3 rings (SSSR count). The predicted molar refractivity (Wildman–Crippen MR) is 103 cm³/mol. The number of urea groups is 1. The molecule has 3 amide bonds. The molecule has 2 aromatic rings. The Labute approximate surface area is 158 Å². The summed E-state index contributed by atoms with van der Waals surface area (Å²) in [4.78, 5) is 28.4. The van der Waals surface area contributed by atoms with Gasteiger partial charge in [0, 0.05) is 31.2 Å². The second-order valence-electron chi connectivity index (χ2n) is 7.04. The summed E-state index contributed by atoms with van der Waals surface area (Å²) in [5, 5.41) is 2.97. The molecule has 1 heterocycles. The van der Waals surface area contributed by atoms with Crippen LogP contribution in [0.2, 0.25) is 0 Å². The Morgan fingerprint density at radius 2 is 1.85 bits per heavy atom. The Morgan fingerprint density at radius 3 is 2.48 bits per heavy atom. The van der Waals surface area contributed by atoms with Crippen molar-refractivity contribution in [1.82, 2.24) is 10.2 Å². The molecule has 1 aliphatic heterocycles. The van der Waals surface area contributed by atoms with Gasteiger partial charge in [0.15, 0.2) is 0 Å². The molecule has 142 valence electrons. The SMILES string of the molecule is CC(C)N(Cc1ccccc1)C(=O)N[C@@H]1CC(=O)N(c2ccc(F)cc2)C1. The first-order valence-electron chi connectivity index (χ1n) is 9.11. The average Bonchev–Trinajstić information content (AvgIpc) is 3.01. The average molecular weight is 369 g/mol. The molecule has 0 unspecified atom stereocenters. The van der Waals surface area contributed by atoms with Crippen LogP contribution < -0.4 is 10.2 Å². The van der Waals surface area contributed by atoms with Crippen LogP contribution in [0.4, 0.5) is 14.9 Å². The third-order valence-corrected chi connectivity index (χ3v) is 4.67. The van der Waals surface area contributed by atoms with Crippen LogP contribution in [0, 0.1) is 5.82 Å². The van der Waals surface area contributed by atoms with E-state index in [4.69, 9.17) is 0 Å². The van der Waals surface area contributed by atoms with Crippen LogP contribution in [0.5, 0.6) is 0 Å². The maximum absolute atomic E-state index is 13.1. The number of benzene rings is 2. The standard InChI is InChI=1S/C21H24FN3O2/c1-15(2)24(13-16-6-4-3-5-7-16)21(27)23-18-12-20(26)25(14-18)19-10-8-17(22)9-11-19/h3-11,15,18H,12-14H2,1-2H3,(H,23,27)/t18-/m1/s1. The van der Waals surface area contributed by atoms with Gasteiger partial charge in [-0.15, -0.1) is 0 Å². The quantitative estimate of drug-likeness (QED) is 0.876. The highest BCUT2D eigenvalue weighted by molar-refractivity contribution is 5.96. The van der Waals surface area contributed by atoms with Gasteiger partial charge in [0.05, 0.1) is 6.04 Å². The van der Waals surface area contributed by atoms with Gasteiger partial charge >= 0.3 is 6.03 Å². The molecular weight excluding hydrogens is 345 g/mol. The lowest BCUT2D eigenvalue weighted by atomic mass is 10.2. The monoisotopic (exact) mass is 369 g/mol. The zero-order chi connectivity index (χ0) is 19.4. The summed E-state index contributed by atoms with van der Waals surface area (Å²) >= 11 is 0. The number of amides is 3. The van der Waals surface area contributed by atoms with E-state index in [0.29, 0.717) is 18.8 Å². The van der Waals surface area contributed by atoms with Crippen LogP contribution in [0.1, 0.15) is 25.8 Å². The zero-order valence-corrected chi connectivity index (χ0v) is 15.6. The fourth-order valence-corrected chi connectivity index (χ4v) is 3.20. The van der Waals surface area contributed by atoms with Crippen molar-refractivity contribution < 1.29 is 14.0 Å². The summed E-state index contributed by atoms with van der Waals surface area (Å²) in [5.74, 6) is -0.421. The van der Waals surface area contributed by atoms with Gasteiger partial charge in [-0.25, -0.2) is 9.18 Å². The lowest BCUT2D eigenvalue weighted by molar-refractivity contribution is -0.117. The number of anilines is 1. The highest BCUT2D eigenvalue weighted by Crippen LogP contribution is 2.22. The van der Waals surface area contributed by atoms with Crippen molar-refractivity contribution in [2.24, 2.45) is 0 Å². The van der Waals surface area contributed by atoms with Crippen LogP contribution in [0.3, 0.4) is 0 Å². The van der Waals surface area contributed by atoms with Gasteiger partial charge in [-0.05, 0) is 43.7 Å². The molecule has 1 N–H and O–H groups in total. The van der Waals surface area contributed by atoms with Gasteiger partial charge in [0.2, 0.25) is 5.91 Å². The van der Waals surface area contributed by atoms with Gasteiger partial charge in [-0.3, -0.25) is 4.79 Å². The van der Waals surface area contributed by atoms with E-state index in [0.717, 1.165) is 5.56 Å². The van der Waals surface area contributed by atoms with Gasteiger partial charge in [-0.2, -0.15) is 0 Å². The minimum atomic E-state index is -0.344. The maximum atomic E-state index is 13.1. The van der Waals surface area contributed by atoms with E-state index in [1.54, 1.807) is 21.9 Å². The normalized spacial score (nSPS) is 16.7. The molecule has 2 aromatic carbocycles. The zero-order valence-electron chi connectivity index (χ0n) is 15.6. The molecule has 0 radical (unpaired) electrons. The molecule has 0 bridgehead atoms. The number of halogens is 1. The molecule has 0 aromatic heterocycles. The van der Waals surface area contributed by atoms with E-state index in [1.165, 1.54) is 12.1 Å². The van der Waals surface area contributed by atoms with Crippen LogP contribution >= 0.6 is 0 Å². The first kappa shape index (κ1) is 18.9. The van der Waals surface area contributed by atoms with Crippen molar-refractivity contribution in [2.45, 2.75) is 38.9 Å². The molecule has 27 heavy (non-hydrogen) atoms. The lowest BCUT2D eigenvalue weighted by Crippen LogP contribution is -2.48. The second-order valence-corrected chi connectivity index (χ2v) is 7.04. The van der Waals surface area contributed by atoms with Crippen molar-refractivity contribution >= 4 is 17.6 Å². The van der Waals surface area contributed by atoms with E-state index in [9.17, 15) is 14.0 Å². The summed E-state index contributed by atoms with van der Waals surface area (Å²) in [5.41, 5.74) is 1.69. The molecule has 1 fully saturated rings. The first-order valence-corrected chi connectivity index (χ1v) is 9.11. The molecule has 6 heteroatoms. The molecule has 0 saturated carbocycles. The van der Waals surface area contributed by atoms with Crippen molar-refractivity contribution in [3.05, 3.63) is 66.0 Å². The summed E-state index contributed by atoms with van der Waals surface area (Å²) in [6, 6.07) is 15.2. The number of carbonyl (C=O) groups excluding carboxylic acids is 2. The summed E-state index contributed by atoms with van der Waals surface area (Å²) in [7, 11) is 0. The smallest absolute Gasteiger partial charge is 0.318 e. The van der Waals surface area contributed by atoms with Crippen LogP contribution in [-0.2, 0) is 11.3 Å². The largest absolute Gasteiger partial charge is 0.333 e. The predicted octanol–water partition coefficient (Wildman–Crippen LogP) is 3.55. The number of nitrogens with one attached hydrogen (secondary N) is 1. The van der Waals surface area contributed by atoms with E-state index >= 15 is 0 Å². The summed E-state index contributed by atoms with van der Waals surface area (Å²) in [6.45, 7) is 4.82. The fraction of sp³-hybridized carbons (Fsp3) is 0.333. The Hall–Kier alpha value is -2.89. The van der Waals surface area contributed by atoms with Crippen LogP contribution in [0.15, 0.2) is 54.6 Å². The third kappa shape index (κ3) is 4.64. The summed E-state index contributed by atoms with van der Waals surface area (Å²) in [6.07, 6.45) is 0.236. The van der Waals surface area contributed by atoms with E-state index in [1.807, 2.05) is 44.2 Å². The maximum Gasteiger partial charge on any atom is 0.318 e. The highest BCUT2D eigenvalue weighted by Gasteiger charge is 2.32. The van der Waals surface area contributed by atoms with E-state index in [-0.39, 0.29) is 36.3 Å². The number of hydrogen-bond acceptors (Lipinski definition) is 2. The van der Waals surface area contributed by atoms with Crippen molar-refractivity contribution in [2.75, 3.05) is 11.4 Å². The number of carbonyl (C=O) groups is 2. The van der Waals surface area contributed by atoms with Crippen LogP contribution in [-0.4, -0.2) is 35.5 Å². The first-order chi connectivity index (χ1) is 12.9. The molecule has 5 nitrogen and oxygen atoms in total. The molecule has 1 saturated heterocycles. The Morgan fingerprint density at radius 1 is 1.19 bits per heavy atom. The Bertz CT molecular complexity index is 793. The molecule has 0 aliphatic carbocycles. The number of rotatable bonds is 5. The van der Waals surface area contributed by atoms with Crippen LogP contribution in [0.25, 0.3) is 0 Å². The minimum absolute atomic E-state index is 0.0236. The Kier molecular flexibility index (Phi) is 5.74. The van der Waals surface area contributed by atoms with Gasteiger partial charge < -0.3 is 15.1 Å². The van der Waals surface area contributed by atoms with Crippen molar-refractivity contribution in [1.29, 1.82) is 0 Å². The van der Waals surface area contributed by atoms with Gasteiger partial charge in [-0.1, -0.05) is 30.3 Å². The van der Waals surface area contributed by atoms with E-state index < -0.39 is 0 Å². The third-order valence-electron chi connectivity index (χ3n) is 4.67. The second kappa shape index (κ2) is 8.20. The highest BCUT2D eigenvalue weighted by atomic mass is 19.1. The topological polar surface area (TPSA) is 52.7 Å². The molecule has 0 spiro atoms. The van der Waals surface area contributed by atoms with Gasteiger partial charge in [0.1, 0.15) is 5.82 Å². The van der Waals surface area contributed by atoms with E-state index in [2.05, 4.69) is 5.32 Å². The summed E-state index contributed by atoms with van der Waals surface area (Å²) < 4.78 is 13.1. The number of nitrogens with zero attached hydrogens (tertiary/aromatic N) is 2. The fourth-order valence-electron chi connectivity index (χ4n) is 3.20. The molecule has 1 aliphatic rings.